The number of fused-ring (bicyclic) bond motifs is 5. The molecule has 0 spiro atoms. The van der Waals surface area contributed by atoms with E-state index in [0.29, 0.717) is 24.9 Å². The first-order chi connectivity index (χ1) is 14.2. The van der Waals surface area contributed by atoms with E-state index in [9.17, 15) is 4.79 Å². The molecule has 156 valence electrons. The lowest BCUT2D eigenvalue weighted by molar-refractivity contribution is -0.122. The monoisotopic (exact) mass is 395 g/mol. The minimum absolute atomic E-state index is 0.154. The number of benzene rings is 1. The van der Waals surface area contributed by atoms with Crippen LogP contribution in [-0.4, -0.2) is 58.6 Å². The maximum atomic E-state index is 12.7. The van der Waals surface area contributed by atoms with Gasteiger partial charge in [-0.05, 0) is 69.8 Å². The van der Waals surface area contributed by atoms with Crippen molar-refractivity contribution in [3.63, 3.8) is 0 Å². The number of nitrogens with zero attached hydrogens (tertiary/aromatic N) is 3. The molecule has 2 aromatic rings. The second-order valence-corrected chi connectivity index (χ2v) is 9.14. The van der Waals surface area contributed by atoms with E-state index in [1.54, 1.807) is 0 Å². The Morgan fingerprint density at radius 1 is 1.24 bits per heavy atom. The number of rotatable bonds is 5. The zero-order chi connectivity index (χ0) is 19.8. The summed E-state index contributed by atoms with van der Waals surface area (Å²) in [7, 11) is 0. The molecule has 0 saturated carbocycles. The normalized spacial score (nSPS) is 29.6. The zero-order valence-corrected chi connectivity index (χ0v) is 17.4. The van der Waals surface area contributed by atoms with Gasteiger partial charge in [0.2, 0.25) is 5.91 Å². The molecule has 0 aliphatic carbocycles. The summed E-state index contributed by atoms with van der Waals surface area (Å²) < 4.78 is 2.16. The van der Waals surface area contributed by atoms with Gasteiger partial charge in [0.1, 0.15) is 5.82 Å². The average Bonchev–Trinajstić information content (AvgIpc) is 3.07. The first-order valence-corrected chi connectivity index (χ1v) is 11.4. The molecule has 1 aromatic carbocycles. The van der Waals surface area contributed by atoms with Gasteiger partial charge < -0.3 is 15.2 Å². The van der Waals surface area contributed by atoms with E-state index in [2.05, 4.69) is 31.2 Å². The molecule has 6 nitrogen and oxygen atoms in total. The first kappa shape index (κ1) is 19.1. The van der Waals surface area contributed by atoms with E-state index in [0.717, 1.165) is 41.9 Å². The summed E-state index contributed by atoms with van der Waals surface area (Å²) in [5.41, 5.74) is 2.11. The Balaban J connectivity index is 1.20. The Labute approximate surface area is 173 Å². The van der Waals surface area contributed by atoms with Crippen LogP contribution < -0.4 is 10.6 Å². The third kappa shape index (κ3) is 3.68. The number of para-hydroxylation sites is 2. The summed E-state index contributed by atoms with van der Waals surface area (Å²) in [6.07, 6.45) is 5.83. The minimum atomic E-state index is 0.154. The molecule has 1 amide bonds. The van der Waals surface area contributed by atoms with Crippen molar-refractivity contribution in [2.45, 2.75) is 57.7 Å². The standard InChI is InChI=1S/C23H33N5O/c1-16-26-19-6-2-3-8-21(19)27(16)11-9-23(29)25-15-22-18-12-17(13-24-14-18)20-7-4-5-10-28(20)22/h2-3,6,8,17-18,20,22,24H,4-5,7,9-15H2,1H3,(H,25,29)/t17-,18+,20+,22+/m1/s1. The number of imidazole rings is 1. The molecule has 3 fully saturated rings. The number of aromatic nitrogens is 2. The predicted octanol–water partition coefficient (Wildman–Crippen LogP) is 2.31. The van der Waals surface area contributed by atoms with Crippen LogP contribution in [-0.2, 0) is 11.3 Å². The number of hydrogen-bond acceptors (Lipinski definition) is 4. The van der Waals surface area contributed by atoms with Gasteiger partial charge in [0, 0.05) is 31.6 Å². The number of carbonyl (C=O) groups is 1. The van der Waals surface area contributed by atoms with Gasteiger partial charge in [-0.25, -0.2) is 4.98 Å². The van der Waals surface area contributed by atoms with Crippen molar-refractivity contribution in [1.82, 2.24) is 25.1 Å². The number of carbonyl (C=O) groups excluding carboxylic acids is 1. The molecule has 1 aromatic heterocycles. The number of nitrogens with one attached hydrogen (secondary N) is 2. The predicted molar refractivity (Wildman–Crippen MR) is 115 cm³/mol. The highest BCUT2D eigenvalue weighted by molar-refractivity contribution is 5.78. The van der Waals surface area contributed by atoms with Crippen LogP contribution in [0.1, 0.15) is 37.9 Å². The molecular formula is C23H33N5O. The number of piperidine rings is 3. The van der Waals surface area contributed by atoms with Gasteiger partial charge in [-0.3, -0.25) is 9.69 Å². The molecule has 0 radical (unpaired) electrons. The van der Waals surface area contributed by atoms with Crippen LogP contribution in [0.4, 0.5) is 0 Å². The fourth-order valence-electron chi connectivity index (χ4n) is 6.05. The second-order valence-electron chi connectivity index (χ2n) is 9.14. The Kier molecular flexibility index (Phi) is 5.31. The smallest absolute Gasteiger partial charge is 0.221 e. The molecule has 3 saturated heterocycles. The van der Waals surface area contributed by atoms with Crippen LogP contribution in [0.25, 0.3) is 11.0 Å². The van der Waals surface area contributed by atoms with Gasteiger partial charge in [-0.15, -0.1) is 0 Å². The van der Waals surface area contributed by atoms with Gasteiger partial charge >= 0.3 is 0 Å². The third-order valence-corrected chi connectivity index (χ3v) is 7.44. The van der Waals surface area contributed by atoms with E-state index in [-0.39, 0.29) is 5.91 Å². The maximum Gasteiger partial charge on any atom is 0.221 e. The summed E-state index contributed by atoms with van der Waals surface area (Å²) in [5.74, 6) is 2.60. The summed E-state index contributed by atoms with van der Waals surface area (Å²) >= 11 is 0. The Morgan fingerprint density at radius 3 is 3.03 bits per heavy atom. The Hall–Kier alpha value is -1.92. The molecule has 4 heterocycles. The molecule has 6 heteroatoms. The fraction of sp³-hybridized carbons (Fsp3) is 0.652. The van der Waals surface area contributed by atoms with Crippen molar-refractivity contribution >= 4 is 16.9 Å². The van der Waals surface area contributed by atoms with Crippen molar-refractivity contribution in [3.8, 4) is 0 Å². The largest absolute Gasteiger partial charge is 0.354 e. The molecule has 3 aliphatic rings. The molecule has 29 heavy (non-hydrogen) atoms. The van der Waals surface area contributed by atoms with E-state index in [1.165, 1.54) is 38.8 Å². The van der Waals surface area contributed by atoms with Crippen LogP contribution in [0.3, 0.4) is 0 Å². The fourth-order valence-corrected chi connectivity index (χ4v) is 6.05. The van der Waals surface area contributed by atoms with Gasteiger partial charge in [0.05, 0.1) is 11.0 Å². The van der Waals surface area contributed by atoms with Gasteiger partial charge in [0.25, 0.3) is 0 Å². The van der Waals surface area contributed by atoms with Gasteiger partial charge in [-0.1, -0.05) is 18.6 Å². The highest BCUT2D eigenvalue weighted by atomic mass is 16.1. The summed E-state index contributed by atoms with van der Waals surface area (Å²) in [4.78, 5) is 20.0. The highest BCUT2D eigenvalue weighted by Gasteiger charge is 2.45. The second kappa shape index (κ2) is 8.07. The van der Waals surface area contributed by atoms with E-state index < -0.39 is 0 Å². The lowest BCUT2D eigenvalue weighted by Gasteiger charge is -2.55. The average molecular weight is 396 g/mol. The van der Waals surface area contributed by atoms with E-state index in [4.69, 9.17) is 0 Å². The lowest BCUT2D eigenvalue weighted by atomic mass is 9.73. The van der Waals surface area contributed by atoms with Crippen LogP contribution in [0.15, 0.2) is 24.3 Å². The van der Waals surface area contributed by atoms with Crippen molar-refractivity contribution in [2.24, 2.45) is 11.8 Å². The van der Waals surface area contributed by atoms with Crippen LogP contribution >= 0.6 is 0 Å². The van der Waals surface area contributed by atoms with Crippen molar-refractivity contribution in [2.75, 3.05) is 26.2 Å². The summed E-state index contributed by atoms with van der Waals surface area (Å²) in [6.45, 7) is 6.97. The van der Waals surface area contributed by atoms with Crippen LogP contribution in [0.5, 0.6) is 0 Å². The molecule has 2 bridgehead atoms. The third-order valence-electron chi connectivity index (χ3n) is 7.44. The van der Waals surface area contributed by atoms with Gasteiger partial charge in [-0.2, -0.15) is 0 Å². The molecule has 5 rings (SSSR count). The molecule has 4 atom stereocenters. The van der Waals surface area contributed by atoms with Crippen LogP contribution in [0, 0.1) is 18.8 Å². The maximum absolute atomic E-state index is 12.7. The van der Waals surface area contributed by atoms with Crippen LogP contribution in [0.2, 0.25) is 0 Å². The van der Waals surface area contributed by atoms with Crippen molar-refractivity contribution in [1.29, 1.82) is 0 Å². The number of aryl methyl sites for hydroxylation is 2. The Morgan fingerprint density at radius 2 is 2.10 bits per heavy atom. The SMILES string of the molecule is Cc1nc2ccccc2n1CCC(=O)NC[C@H]1[C@@H]2CNC[C@@H](C2)[C@@H]2CCCCN21. The quantitative estimate of drug-likeness (QED) is 0.816. The molecule has 2 N–H and O–H groups in total. The van der Waals surface area contributed by atoms with E-state index in [1.807, 2.05) is 25.1 Å². The van der Waals surface area contributed by atoms with Crippen molar-refractivity contribution < 1.29 is 4.79 Å². The first-order valence-electron chi connectivity index (χ1n) is 11.4. The van der Waals surface area contributed by atoms with Crippen molar-refractivity contribution in [3.05, 3.63) is 30.1 Å². The minimum Gasteiger partial charge on any atom is -0.354 e. The molecular weight excluding hydrogens is 362 g/mol. The lowest BCUT2D eigenvalue weighted by Crippen LogP contribution is -2.65. The molecule has 0 unspecified atom stereocenters. The zero-order valence-electron chi connectivity index (χ0n) is 17.4. The summed E-state index contributed by atoms with van der Waals surface area (Å²) in [6, 6.07) is 9.36. The Bertz CT molecular complexity index is 877. The highest BCUT2D eigenvalue weighted by Crippen LogP contribution is 2.38. The number of hydrogen-bond donors (Lipinski definition) is 2. The topological polar surface area (TPSA) is 62.2 Å². The number of amides is 1. The summed E-state index contributed by atoms with van der Waals surface area (Å²) in [5, 5.41) is 6.93. The molecule has 3 aliphatic heterocycles. The van der Waals surface area contributed by atoms with Gasteiger partial charge in [0.15, 0.2) is 0 Å². The van der Waals surface area contributed by atoms with E-state index >= 15 is 0 Å².